The van der Waals surface area contributed by atoms with Crippen molar-refractivity contribution in [2.24, 2.45) is 0 Å². The van der Waals surface area contributed by atoms with Crippen LogP contribution in [0.25, 0.3) is 0 Å². The van der Waals surface area contributed by atoms with E-state index in [-0.39, 0.29) is 16.8 Å². The molecule has 1 aromatic carbocycles. The van der Waals surface area contributed by atoms with Crippen LogP contribution in [-0.2, 0) is 14.6 Å². The lowest BCUT2D eigenvalue weighted by atomic mass is 10.2. The molecule has 0 aromatic heterocycles. The van der Waals surface area contributed by atoms with Gasteiger partial charge in [-0.05, 0) is 24.6 Å². The number of nitrogens with one attached hydrogen (secondary N) is 1. The van der Waals surface area contributed by atoms with Crippen molar-refractivity contribution in [3.8, 4) is 0 Å². The minimum absolute atomic E-state index is 0.0442. The molecule has 1 aromatic rings. The number of amides is 1. The van der Waals surface area contributed by atoms with Crippen molar-refractivity contribution in [1.29, 1.82) is 0 Å². The summed E-state index contributed by atoms with van der Waals surface area (Å²) in [6.07, 6.45) is 2.01. The number of nitrogens with zero attached hydrogens (tertiary/aromatic N) is 1. The minimum Gasteiger partial charge on any atom is -0.397 e. The zero-order chi connectivity index (χ0) is 14.9. The van der Waals surface area contributed by atoms with Gasteiger partial charge in [0.25, 0.3) is 0 Å². The van der Waals surface area contributed by atoms with Gasteiger partial charge in [-0.25, -0.2) is 8.42 Å². The largest absolute Gasteiger partial charge is 0.397 e. The van der Waals surface area contributed by atoms with Crippen LogP contribution in [0.3, 0.4) is 0 Å². The molecule has 1 aliphatic heterocycles. The number of nitrogens with two attached hydrogens (primary N) is 1. The molecule has 1 unspecified atom stereocenters. The van der Waals surface area contributed by atoms with Gasteiger partial charge in [-0.1, -0.05) is 0 Å². The second-order valence-electron chi connectivity index (χ2n) is 5.12. The van der Waals surface area contributed by atoms with Crippen LogP contribution in [0.15, 0.2) is 23.1 Å². The predicted molar refractivity (Wildman–Crippen MR) is 78.4 cm³/mol. The highest BCUT2D eigenvalue weighted by Crippen LogP contribution is 2.29. The summed E-state index contributed by atoms with van der Waals surface area (Å²) in [6, 6.07) is 4.88. The number of benzene rings is 1. The zero-order valence-corrected chi connectivity index (χ0v) is 12.4. The molecule has 110 valence electrons. The van der Waals surface area contributed by atoms with Crippen LogP contribution >= 0.6 is 0 Å². The average molecular weight is 297 g/mol. The quantitative estimate of drug-likeness (QED) is 0.787. The Morgan fingerprint density at radius 2 is 2.15 bits per heavy atom. The monoisotopic (exact) mass is 297 g/mol. The first-order valence-corrected chi connectivity index (χ1v) is 8.28. The Morgan fingerprint density at radius 1 is 1.45 bits per heavy atom. The molecule has 1 atom stereocenters. The normalized spacial score (nSPS) is 19.1. The molecule has 6 nitrogen and oxygen atoms in total. The third kappa shape index (κ3) is 3.22. The lowest BCUT2D eigenvalue weighted by molar-refractivity contribution is -0.119. The first kappa shape index (κ1) is 14.6. The molecule has 0 radical (unpaired) electrons. The number of anilines is 2. The Kier molecular flexibility index (Phi) is 3.89. The number of nitrogen functional groups attached to an aromatic ring is 1. The summed E-state index contributed by atoms with van der Waals surface area (Å²) in [5.41, 5.74) is 7.20. The van der Waals surface area contributed by atoms with E-state index in [0.29, 0.717) is 12.2 Å². The highest BCUT2D eigenvalue weighted by Gasteiger charge is 2.24. The fraction of sp³-hybridized carbons (Fsp3) is 0.462. The highest BCUT2D eigenvalue weighted by molar-refractivity contribution is 7.90. The van der Waals surface area contributed by atoms with Crippen LogP contribution in [0.2, 0.25) is 0 Å². The first-order chi connectivity index (χ1) is 9.27. The lowest BCUT2D eigenvalue weighted by Crippen LogP contribution is -2.35. The second kappa shape index (κ2) is 5.32. The SMILES string of the molecule is CC(=O)NC1CCN(c2ccc(S(C)(=O)=O)cc2N)C1. The number of carbonyl (C=O) groups is 1. The number of sulfone groups is 1. The molecule has 0 aliphatic carbocycles. The number of carbonyl (C=O) groups excluding carboxylic acids is 1. The van der Waals surface area contributed by atoms with E-state index in [2.05, 4.69) is 10.2 Å². The Balaban J connectivity index is 2.17. The van der Waals surface area contributed by atoms with E-state index in [9.17, 15) is 13.2 Å². The van der Waals surface area contributed by atoms with E-state index >= 15 is 0 Å². The molecule has 1 aliphatic rings. The van der Waals surface area contributed by atoms with Crippen molar-refractivity contribution in [2.45, 2.75) is 24.3 Å². The third-order valence-electron chi connectivity index (χ3n) is 3.36. The standard InChI is InChI=1S/C13H19N3O3S/c1-9(17)15-10-5-6-16(8-10)13-4-3-11(7-12(13)14)20(2,18)19/h3-4,7,10H,5-6,8,14H2,1-2H3,(H,15,17). The maximum atomic E-state index is 11.5. The summed E-state index contributed by atoms with van der Waals surface area (Å²) < 4.78 is 22.9. The number of hydrogen-bond donors (Lipinski definition) is 2. The van der Waals surface area contributed by atoms with Gasteiger partial charge in [0.1, 0.15) is 0 Å². The second-order valence-corrected chi connectivity index (χ2v) is 7.14. The summed E-state index contributed by atoms with van der Waals surface area (Å²) in [5.74, 6) is -0.0442. The fourth-order valence-corrected chi connectivity index (χ4v) is 3.09. The van der Waals surface area contributed by atoms with Crippen molar-refractivity contribution in [3.63, 3.8) is 0 Å². The Labute approximate surface area is 118 Å². The third-order valence-corrected chi connectivity index (χ3v) is 4.47. The van der Waals surface area contributed by atoms with Crippen LogP contribution in [-0.4, -0.2) is 39.7 Å². The van der Waals surface area contributed by atoms with Gasteiger partial charge in [0.05, 0.1) is 16.3 Å². The molecule has 1 amide bonds. The van der Waals surface area contributed by atoms with Crippen LogP contribution in [0.1, 0.15) is 13.3 Å². The van der Waals surface area contributed by atoms with Gasteiger partial charge in [0.15, 0.2) is 9.84 Å². The maximum Gasteiger partial charge on any atom is 0.217 e. The Hall–Kier alpha value is -1.76. The maximum absolute atomic E-state index is 11.5. The van der Waals surface area contributed by atoms with Gasteiger partial charge < -0.3 is 16.0 Å². The van der Waals surface area contributed by atoms with Crippen molar-refractivity contribution < 1.29 is 13.2 Å². The fourth-order valence-electron chi connectivity index (χ4n) is 2.44. The van der Waals surface area contributed by atoms with Gasteiger partial charge >= 0.3 is 0 Å². The van der Waals surface area contributed by atoms with Gasteiger partial charge in [-0.2, -0.15) is 0 Å². The summed E-state index contributed by atoms with van der Waals surface area (Å²) in [4.78, 5) is 13.3. The van der Waals surface area contributed by atoms with Crippen molar-refractivity contribution in [2.75, 3.05) is 30.0 Å². The molecule has 2 rings (SSSR count). The van der Waals surface area contributed by atoms with E-state index < -0.39 is 9.84 Å². The van der Waals surface area contributed by atoms with Crippen molar-refractivity contribution in [3.05, 3.63) is 18.2 Å². The van der Waals surface area contributed by atoms with Crippen LogP contribution in [0, 0.1) is 0 Å². The van der Waals surface area contributed by atoms with E-state index in [4.69, 9.17) is 5.73 Å². The van der Waals surface area contributed by atoms with Gasteiger partial charge in [-0.15, -0.1) is 0 Å². The van der Waals surface area contributed by atoms with E-state index in [1.807, 2.05) is 0 Å². The Morgan fingerprint density at radius 3 is 2.70 bits per heavy atom. The predicted octanol–water partition coefficient (Wildman–Crippen LogP) is 0.387. The van der Waals surface area contributed by atoms with E-state index in [1.165, 1.54) is 13.0 Å². The molecule has 1 fully saturated rings. The van der Waals surface area contributed by atoms with Gasteiger partial charge in [0.2, 0.25) is 5.91 Å². The Bertz CT molecular complexity index is 628. The molecule has 0 bridgehead atoms. The molecule has 20 heavy (non-hydrogen) atoms. The molecule has 0 spiro atoms. The molecular weight excluding hydrogens is 278 g/mol. The van der Waals surface area contributed by atoms with Crippen LogP contribution in [0.5, 0.6) is 0 Å². The summed E-state index contributed by atoms with van der Waals surface area (Å²) >= 11 is 0. The van der Waals surface area contributed by atoms with Crippen molar-refractivity contribution >= 4 is 27.1 Å². The zero-order valence-electron chi connectivity index (χ0n) is 11.6. The molecular formula is C13H19N3O3S. The van der Waals surface area contributed by atoms with E-state index in [0.717, 1.165) is 24.9 Å². The smallest absolute Gasteiger partial charge is 0.217 e. The summed E-state index contributed by atoms with van der Waals surface area (Å²) in [6.45, 7) is 2.97. The van der Waals surface area contributed by atoms with Crippen LogP contribution < -0.4 is 16.0 Å². The molecule has 1 heterocycles. The van der Waals surface area contributed by atoms with Gasteiger partial charge in [-0.3, -0.25) is 4.79 Å². The highest BCUT2D eigenvalue weighted by atomic mass is 32.2. The molecule has 0 saturated carbocycles. The molecule has 1 saturated heterocycles. The number of rotatable bonds is 3. The van der Waals surface area contributed by atoms with Crippen LogP contribution in [0.4, 0.5) is 11.4 Å². The number of hydrogen-bond acceptors (Lipinski definition) is 5. The van der Waals surface area contributed by atoms with E-state index in [1.54, 1.807) is 12.1 Å². The molecule has 3 N–H and O–H groups in total. The molecule has 7 heteroatoms. The summed E-state index contributed by atoms with van der Waals surface area (Å²) in [5, 5.41) is 2.88. The average Bonchev–Trinajstić information content (AvgIpc) is 2.75. The van der Waals surface area contributed by atoms with Gasteiger partial charge in [0, 0.05) is 32.3 Å². The topological polar surface area (TPSA) is 92.5 Å². The lowest BCUT2D eigenvalue weighted by Gasteiger charge is -2.21. The summed E-state index contributed by atoms with van der Waals surface area (Å²) in [7, 11) is -3.25. The minimum atomic E-state index is -3.25. The van der Waals surface area contributed by atoms with Crippen molar-refractivity contribution in [1.82, 2.24) is 5.32 Å². The first-order valence-electron chi connectivity index (χ1n) is 6.39.